The molecule has 0 spiro atoms. The lowest BCUT2D eigenvalue weighted by molar-refractivity contribution is 0.0518. The van der Waals surface area contributed by atoms with Gasteiger partial charge in [0.25, 0.3) is 0 Å². The van der Waals surface area contributed by atoms with E-state index in [0.29, 0.717) is 12.3 Å². The van der Waals surface area contributed by atoms with Crippen LogP contribution in [0.2, 0.25) is 0 Å². The van der Waals surface area contributed by atoms with E-state index in [-0.39, 0.29) is 5.97 Å². The minimum atomic E-state index is -0.344. The van der Waals surface area contributed by atoms with Crippen molar-refractivity contribution in [2.75, 3.05) is 6.61 Å². The van der Waals surface area contributed by atoms with E-state index in [1.165, 1.54) is 0 Å². The molecule has 0 N–H and O–H groups in total. The lowest BCUT2D eigenvalue weighted by Crippen LogP contribution is -2.13. The van der Waals surface area contributed by atoms with Gasteiger partial charge in [-0.05, 0) is 51.0 Å². The zero-order valence-electron chi connectivity index (χ0n) is 13.9. The van der Waals surface area contributed by atoms with Crippen LogP contribution in [0, 0.1) is 20.8 Å². The smallest absolute Gasteiger partial charge is 0.357 e. The van der Waals surface area contributed by atoms with Gasteiger partial charge in [-0.2, -0.15) is 5.10 Å². The van der Waals surface area contributed by atoms with E-state index >= 15 is 0 Å². The van der Waals surface area contributed by atoms with Gasteiger partial charge in [0.05, 0.1) is 17.8 Å². The van der Waals surface area contributed by atoms with Crippen molar-refractivity contribution in [2.45, 2.75) is 27.7 Å². The van der Waals surface area contributed by atoms with Gasteiger partial charge in [-0.1, -0.05) is 29.8 Å². The van der Waals surface area contributed by atoms with Crippen LogP contribution in [0.4, 0.5) is 0 Å². The Hall–Kier alpha value is -2.62. The Bertz CT molecular complexity index is 894. The molecule has 4 nitrogen and oxygen atoms in total. The van der Waals surface area contributed by atoms with Gasteiger partial charge in [0, 0.05) is 5.39 Å². The van der Waals surface area contributed by atoms with Crippen LogP contribution in [0.25, 0.3) is 16.6 Å². The summed E-state index contributed by atoms with van der Waals surface area (Å²) in [5, 5.41) is 5.54. The second kappa shape index (κ2) is 5.88. The van der Waals surface area contributed by atoms with Crippen molar-refractivity contribution in [2.24, 2.45) is 0 Å². The standard InChI is InChI=1S/C19H20N2O2/c1-5-23-19(22)18-15-11-12(2)10-14(4)17(15)20-21(18)16-9-7-6-8-13(16)3/h6-11H,5H2,1-4H3. The molecule has 0 saturated carbocycles. The van der Waals surface area contributed by atoms with Gasteiger partial charge in [0.2, 0.25) is 0 Å². The van der Waals surface area contributed by atoms with Gasteiger partial charge in [0.1, 0.15) is 0 Å². The number of carbonyl (C=O) groups excluding carboxylic acids is 1. The highest BCUT2D eigenvalue weighted by atomic mass is 16.5. The Labute approximate surface area is 135 Å². The molecule has 3 aromatic rings. The number of para-hydroxylation sites is 1. The van der Waals surface area contributed by atoms with Gasteiger partial charge < -0.3 is 4.74 Å². The highest BCUT2D eigenvalue weighted by Crippen LogP contribution is 2.27. The number of hydrogen-bond acceptors (Lipinski definition) is 3. The quantitative estimate of drug-likeness (QED) is 0.683. The summed E-state index contributed by atoms with van der Waals surface area (Å²) in [5.41, 5.74) is 5.43. The highest BCUT2D eigenvalue weighted by Gasteiger charge is 2.22. The van der Waals surface area contributed by atoms with Crippen LogP contribution in [-0.4, -0.2) is 22.4 Å². The van der Waals surface area contributed by atoms with Crippen molar-refractivity contribution >= 4 is 16.9 Å². The fourth-order valence-corrected chi connectivity index (χ4v) is 2.91. The zero-order valence-corrected chi connectivity index (χ0v) is 13.9. The molecule has 118 valence electrons. The summed E-state index contributed by atoms with van der Waals surface area (Å²) < 4.78 is 6.99. The van der Waals surface area contributed by atoms with Crippen LogP contribution in [0.1, 0.15) is 34.1 Å². The molecular weight excluding hydrogens is 288 g/mol. The number of ether oxygens (including phenoxy) is 1. The first-order chi connectivity index (χ1) is 11.0. The molecule has 1 heterocycles. The van der Waals surface area contributed by atoms with Crippen molar-refractivity contribution < 1.29 is 9.53 Å². The van der Waals surface area contributed by atoms with Crippen LogP contribution in [0.5, 0.6) is 0 Å². The lowest BCUT2D eigenvalue weighted by Gasteiger charge is -2.09. The molecule has 0 amide bonds. The second-order valence-corrected chi connectivity index (χ2v) is 5.75. The van der Waals surface area contributed by atoms with E-state index in [2.05, 4.69) is 6.07 Å². The molecule has 0 bridgehead atoms. The van der Waals surface area contributed by atoms with Crippen molar-refractivity contribution in [3.8, 4) is 5.69 Å². The summed E-state index contributed by atoms with van der Waals surface area (Å²) in [6.07, 6.45) is 0. The largest absolute Gasteiger partial charge is 0.461 e. The molecule has 1 aromatic heterocycles. The van der Waals surface area contributed by atoms with Gasteiger partial charge in [-0.15, -0.1) is 0 Å². The van der Waals surface area contributed by atoms with E-state index in [1.54, 1.807) is 4.68 Å². The monoisotopic (exact) mass is 308 g/mol. The summed E-state index contributed by atoms with van der Waals surface area (Å²) in [6, 6.07) is 12.0. The summed E-state index contributed by atoms with van der Waals surface area (Å²) >= 11 is 0. The van der Waals surface area contributed by atoms with Crippen LogP contribution >= 0.6 is 0 Å². The number of fused-ring (bicyclic) bond motifs is 1. The number of hydrogen-bond donors (Lipinski definition) is 0. The van der Waals surface area contributed by atoms with Crippen LogP contribution in [-0.2, 0) is 4.74 Å². The minimum Gasteiger partial charge on any atom is -0.461 e. The van der Waals surface area contributed by atoms with Gasteiger partial charge in [-0.25, -0.2) is 9.48 Å². The predicted molar refractivity (Wildman–Crippen MR) is 91.2 cm³/mol. The van der Waals surface area contributed by atoms with E-state index in [0.717, 1.165) is 33.3 Å². The predicted octanol–water partition coefficient (Wildman–Crippen LogP) is 4.13. The number of esters is 1. The van der Waals surface area contributed by atoms with Crippen LogP contribution < -0.4 is 0 Å². The SMILES string of the molecule is CCOC(=O)c1c2cc(C)cc(C)c2nn1-c1ccccc1C. The first-order valence-electron chi connectivity index (χ1n) is 7.76. The van der Waals surface area contributed by atoms with E-state index in [1.807, 2.05) is 58.0 Å². The maximum absolute atomic E-state index is 12.6. The van der Waals surface area contributed by atoms with Crippen molar-refractivity contribution in [1.29, 1.82) is 0 Å². The number of nitrogens with zero attached hydrogens (tertiary/aromatic N) is 2. The third kappa shape index (κ3) is 2.61. The molecule has 0 saturated heterocycles. The molecule has 0 aliphatic rings. The maximum atomic E-state index is 12.6. The number of carbonyl (C=O) groups is 1. The average molecular weight is 308 g/mol. The molecule has 0 radical (unpaired) electrons. The number of aromatic nitrogens is 2. The Morgan fingerprint density at radius 3 is 2.57 bits per heavy atom. The van der Waals surface area contributed by atoms with Crippen LogP contribution in [0.15, 0.2) is 36.4 Å². The van der Waals surface area contributed by atoms with E-state index < -0.39 is 0 Å². The summed E-state index contributed by atoms with van der Waals surface area (Å²) in [6.45, 7) is 8.19. The third-order valence-electron chi connectivity index (χ3n) is 3.92. The van der Waals surface area contributed by atoms with Crippen molar-refractivity contribution in [3.63, 3.8) is 0 Å². The summed E-state index contributed by atoms with van der Waals surface area (Å²) in [4.78, 5) is 12.6. The normalized spacial score (nSPS) is 11.0. The second-order valence-electron chi connectivity index (χ2n) is 5.75. The van der Waals surface area contributed by atoms with E-state index in [4.69, 9.17) is 9.84 Å². The molecule has 0 fully saturated rings. The maximum Gasteiger partial charge on any atom is 0.357 e. The molecule has 0 aliphatic heterocycles. The lowest BCUT2D eigenvalue weighted by atomic mass is 10.1. The van der Waals surface area contributed by atoms with Gasteiger partial charge in [0.15, 0.2) is 5.69 Å². The van der Waals surface area contributed by atoms with Crippen molar-refractivity contribution in [1.82, 2.24) is 9.78 Å². The Kier molecular flexibility index (Phi) is 3.90. The molecule has 23 heavy (non-hydrogen) atoms. The molecule has 2 aromatic carbocycles. The minimum absolute atomic E-state index is 0.337. The molecule has 0 atom stereocenters. The first-order valence-corrected chi connectivity index (χ1v) is 7.76. The molecule has 0 aliphatic carbocycles. The van der Waals surface area contributed by atoms with Crippen LogP contribution in [0.3, 0.4) is 0 Å². The molecule has 4 heteroatoms. The Morgan fingerprint density at radius 2 is 1.87 bits per heavy atom. The highest BCUT2D eigenvalue weighted by molar-refractivity contribution is 6.04. The summed E-state index contributed by atoms with van der Waals surface area (Å²) in [7, 11) is 0. The zero-order chi connectivity index (χ0) is 16.6. The first kappa shape index (κ1) is 15.3. The molecule has 3 rings (SSSR count). The number of rotatable bonds is 3. The Balaban J connectivity index is 2.37. The van der Waals surface area contributed by atoms with Gasteiger partial charge in [-0.3, -0.25) is 0 Å². The third-order valence-corrected chi connectivity index (χ3v) is 3.92. The summed E-state index contributed by atoms with van der Waals surface area (Å²) in [5.74, 6) is -0.344. The Morgan fingerprint density at radius 1 is 1.13 bits per heavy atom. The van der Waals surface area contributed by atoms with Crippen molar-refractivity contribution in [3.05, 3.63) is 58.8 Å². The topological polar surface area (TPSA) is 44.1 Å². The fraction of sp³-hybridized carbons (Fsp3) is 0.263. The number of aryl methyl sites for hydroxylation is 3. The number of benzene rings is 2. The fourth-order valence-electron chi connectivity index (χ4n) is 2.91. The average Bonchev–Trinajstić information content (AvgIpc) is 2.87. The molecule has 0 unspecified atom stereocenters. The molecular formula is C19H20N2O2. The van der Waals surface area contributed by atoms with E-state index in [9.17, 15) is 4.79 Å². The van der Waals surface area contributed by atoms with Gasteiger partial charge >= 0.3 is 5.97 Å².